The van der Waals surface area contributed by atoms with Gasteiger partial charge in [-0.15, -0.1) is 0 Å². The van der Waals surface area contributed by atoms with E-state index in [1.807, 2.05) is 0 Å². The normalized spacial score (nSPS) is 14.7. The summed E-state index contributed by atoms with van der Waals surface area (Å²) in [6.45, 7) is 3.83. The summed E-state index contributed by atoms with van der Waals surface area (Å²) in [5.41, 5.74) is 0. The van der Waals surface area contributed by atoms with Crippen molar-refractivity contribution in [1.29, 1.82) is 0 Å². The molecule has 0 saturated carbocycles. The van der Waals surface area contributed by atoms with E-state index in [1.165, 1.54) is 19.3 Å². The first-order chi connectivity index (χ1) is 8.41. The minimum atomic E-state index is -4.26. The molecular formula is C13H27NaO4S. The van der Waals surface area contributed by atoms with E-state index in [0.29, 0.717) is 6.42 Å². The summed E-state index contributed by atoms with van der Waals surface area (Å²) in [6.07, 6.45) is 7.10. The van der Waals surface area contributed by atoms with Crippen molar-refractivity contribution in [3.8, 4) is 0 Å². The van der Waals surface area contributed by atoms with E-state index in [-0.39, 0.29) is 42.4 Å². The Morgan fingerprint density at radius 1 is 1.05 bits per heavy atom. The Bertz CT molecular complexity index is 293. The van der Waals surface area contributed by atoms with Gasteiger partial charge in [-0.05, 0) is 19.3 Å². The molecule has 0 heterocycles. The second-order valence-corrected chi connectivity index (χ2v) is 6.62. The van der Waals surface area contributed by atoms with Gasteiger partial charge < -0.3 is 9.66 Å². The van der Waals surface area contributed by atoms with Gasteiger partial charge in [0.25, 0.3) is 0 Å². The monoisotopic (exact) mass is 302 g/mol. The van der Waals surface area contributed by atoms with Crippen LogP contribution in [0.5, 0.6) is 0 Å². The van der Waals surface area contributed by atoms with E-state index in [2.05, 4.69) is 6.92 Å². The fourth-order valence-corrected chi connectivity index (χ4v) is 2.94. The zero-order valence-corrected chi connectivity index (χ0v) is 15.4. The Labute approximate surface area is 140 Å². The third-order valence-electron chi connectivity index (χ3n) is 3.29. The van der Waals surface area contributed by atoms with Gasteiger partial charge in [0.05, 0.1) is 21.5 Å². The van der Waals surface area contributed by atoms with Crippen molar-refractivity contribution >= 4 is 10.1 Å². The van der Waals surface area contributed by atoms with Crippen LogP contribution in [0.25, 0.3) is 0 Å². The predicted molar refractivity (Wildman–Crippen MR) is 72.4 cm³/mol. The molecule has 0 aliphatic rings. The maximum Gasteiger partial charge on any atom is 1.00 e. The Balaban J connectivity index is 0. The summed E-state index contributed by atoms with van der Waals surface area (Å²) in [5.74, 6) is 0. The molecule has 110 valence electrons. The van der Waals surface area contributed by atoms with E-state index in [1.54, 1.807) is 6.92 Å². The molecule has 0 rings (SSSR count). The molecule has 19 heavy (non-hydrogen) atoms. The molecule has 0 aromatic rings. The molecule has 2 unspecified atom stereocenters. The van der Waals surface area contributed by atoms with Gasteiger partial charge in [-0.2, -0.15) is 0 Å². The number of hydrogen-bond acceptors (Lipinski definition) is 4. The van der Waals surface area contributed by atoms with Crippen LogP contribution in [0.15, 0.2) is 0 Å². The summed E-state index contributed by atoms with van der Waals surface area (Å²) in [4.78, 5) is 0. The van der Waals surface area contributed by atoms with Crippen molar-refractivity contribution in [2.75, 3.05) is 0 Å². The molecule has 0 amide bonds. The first-order valence-electron chi connectivity index (χ1n) is 7.04. The fourth-order valence-electron chi connectivity index (χ4n) is 2.07. The summed E-state index contributed by atoms with van der Waals surface area (Å²) in [6, 6.07) is 0. The standard InChI is InChI=1S/C13H28O4S.Na/c1-3-5-6-7-8-9-10-12(14)11-13(4-2)18(15,16)17;/h12-14H,3-11H2,1-2H3,(H,15,16,17);/q;+1/p-1. The van der Waals surface area contributed by atoms with Gasteiger partial charge in [-0.3, -0.25) is 0 Å². The SMILES string of the molecule is CCCCCCCCC(O)CC(CC)S(=O)(=O)[O-].[Na+]. The van der Waals surface area contributed by atoms with Crippen LogP contribution in [-0.2, 0) is 10.1 Å². The minimum absolute atomic E-state index is 0. The third kappa shape index (κ3) is 12.3. The van der Waals surface area contributed by atoms with Crippen LogP contribution < -0.4 is 29.6 Å². The molecular weight excluding hydrogens is 275 g/mol. The van der Waals surface area contributed by atoms with E-state index in [9.17, 15) is 18.1 Å². The topological polar surface area (TPSA) is 77.4 Å². The van der Waals surface area contributed by atoms with Gasteiger partial charge in [-0.25, -0.2) is 8.42 Å². The molecule has 0 saturated heterocycles. The van der Waals surface area contributed by atoms with Gasteiger partial charge in [0.2, 0.25) is 0 Å². The maximum absolute atomic E-state index is 10.9. The molecule has 0 spiro atoms. The van der Waals surface area contributed by atoms with Gasteiger partial charge in [0.1, 0.15) is 0 Å². The first-order valence-corrected chi connectivity index (χ1v) is 8.51. The molecule has 0 fully saturated rings. The van der Waals surface area contributed by atoms with Crippen molar-refractivity contribution < 1.29 is 47.6 Å². The molecule has 0 aliphatic carbocycles. The summed E-state index contributed by atoms with van der Waals surface area (Å²) in [7, 11) is -4.26. The van der Waals surface area contributed by atoms with E-state index >= 15 is 0 Å². The second kappa shape index (κ2) is 12.6. The van der Waals surface area contributed by atoms with Crippen LogP contribution in [0.1, 0.15) is 71.6 Å². The average Bonchev–Trinajstić information content (AvgIpc) is 2.29. The molecule has 0 aromatic carbocycles. The van der Waals surface area contributed by atoms with Crippen LogP contribution in [0.2, 0.25) is 0 Å². The quantitative estimate of drug-likeness (QED) is 0.326. The molecule has 0 aliphatic heterocycles. The molecule has 2 atom stereocenters. The Kier molecular flexibility index (Phi) is 14.7. The van der Waals surface area contributed by atoms with Crippen molar-refractivity contribution in [2.24, 2.45) is 0 Å². The summed E-state index contributed by atoms with van der Waals surface area (Å²) in [5, 5.41) is 8.78. The number of aliphatic hydroxyl groups excluding tert-OH is 1. The van der Waals surface area contributed by atoms with E-state index in [0.717, 1.165) is 19.3 Å². The van der Waals surface area contributed by atoms with Crippen molar-refractivity contribution in [3.05, 3.63) is 0 Å². The van der Waals surface area contributed by atoms with Crippen LogP contribution in [-0.4, -0.2) is 29.4 Å². The zero-order valence-electron chi connectivity index (χ0n) is 12.6. The summed E-state index contributed by atoms with van der Waals surface area (Å²) >= 11 is 0. The van der Waals surface area contributed by atoms with Gasteiger partial charge in [0.15, 0.2) is 0 Å². The number of unbranched alkanes of at least 4 members (excludes halogenated alkanes) is 5. The molecule has 6 heteroatoms. The fraction of sp³-hybridized carbons (Fsp3) is 1.00. The van der Waals surface area contributed by atoms with Crippen LogP contribution in [0.3, 0.4) is 0 Å². The summed E-state index contributed by atoms with van der Waals surface area (Å²) < 4.78 is 32.6. The van der Waals surface area contributed by atoms with Crippen molar-refractivity contribution in [3.63, 3.8) is 0 Å². The van der Waals surface area contributed by atoms with Gasteiger partial charge in [0, 0.05) is 0 Å². The van der Waals surface area contributed by atoms with Crippen molar-refractivity contribution in [1.82, 2.24) is 0 Å². The number of hydrogen-bond donors (Lipinski definition) is 1. The minimum Gasteiger partial charge on any atom is -0.748 e. The van der Waals surface area contributed by atoms with E-state index < -0.39 is 21.5 Å². The van der Waals surface area contributed by atoms with Crippen LogP contribution in [0, 0.1) is 0 Å². The smallest absolute Gasteiger partial charge is 0.748 e. The first kappa shape index (κ1) is 22.2. The van der Waals surface area contributed by atoms with Crippen LogP contribution >= 0.6 is 0 Å². The zero-order chi connectivity index (χ0) is 14.0. The molecule has 4 nitrogen and oxygen atoms in total. The van der Waals surface area contributed by atoms with Crippen LogP contribution in [0.4, 0.5) is 0 Å². The Morgan fingerprint density at radius 3 is 2.05 bits per heavy atom. The maximum atomic E-state index is 10.9. The second-order valence-electron chi connectivity index (χ2n) is 4.97. The number of rotatable bonds is 11. The van der Waals surface area contributed by atoms with Crippen molar-refractivity contribution in [2.45, 2.75) is 83.0 Å². The molecule has 0 radical (unpaired) electrons. The predicted octanol–water partition coefficient (Wildman–Crippen LogP) is -0.184. The van der Waals surface area contributed by atoms with E-state index in [4.69, 9.17) is 0 Å². The molecule has 1 N–H and O–H groups in total. The Morgan fingerprint density at radius 2 is 1.58 bits per heavy atom. The van der Waals surface area contributed by atoms with Gasteiger partial charge in [-0.1, -0.05) is 52.4 Å². The molecule has 0 bridgehead atoms. The Hall–Kier alpha value is 0.870. The largest absolute Gasteiger partial charge is 1.00 e. The van der Waals surface area contributed by atoms with Gasteiger partial charge >= 0.3 is 29.6 Å². The molecule has 0 aromatic heterocycles. The third-order valence-corrected chi connectivity index (χ3v) is 4.63. The average molecular weight is 302 g/mol. The number of aliphatic hydroxyl groups is 1.